The smallest absolute Gasteiger partial charge is 0.268 e. The molecule has 4 bridgehead atoms. The highest BCUT2D eigenvalue weighted by atomic mass is 16.5. The van der Waals surface area contributed by atoms with Crippen LogP contribution in [0.3, 0.4) is 0 Å². The van der Waals surface area contributed by atoms with Gasteiger partial charge in [0.05, 0.1) is 22.3 Å². The number of benzene rings is 8. The number of fused-ring (bicyclic) bond motifs is 6. The Labute approximate surface area is 535 Å². The molecule has 1 aliphatic rings. The molecule has 0 spiro atoms. The highest BCUT2D eigenvalue weighted by molar-refractivity contribution is 6.04. The zero-order valence-corrected chi connectivity index (χ0v) is 51.2. The van der Waals surface area contributed by atoms with Crippen LogP contribution in [0.5, 0.6) is 23.0 Å². The fourth-order valence-electron chi connectivity index (χ4n) is 9.81. The summed E-state index contributed by atoms with van der Waals surface area (Å²) in [6, 6.07) is 62.7. The van der Waals surface area contributed by atoms with Gasteiger partial charge in [0.1, 0.15) is 45.3 Å². The molecule has 0 aromatic heterocycles. The number of carbonyl (C=O) groups is 5. The lowest BCUT2D eigenvalue weighted by molar-refractivity contribution is -0.115. The molecule has 5 amide bonds. The van der Waals surface area contributed by atoms with E-state index in [-0.39, 0.29) is 154 Å². The number of carbonyl (C=O) groups excluding carboxylic acids is 5. The zero-order valence-electron chi connectivity index (χ0n) is 51.2. The second-order valence-electron chi connectivity index (χ2n) is 21.3. The van der Waals surface area contributed by atoms with Gasteiger partial charge < -0.3 is 66.1 Å². The van der Waals surface area contributed by atoms with Crippen LogP contribution in [0.15, 0.2) is 230 Å². The predicted molar refractivity (Wildman–Crippen MR) is 350 cm³/mol. The minimum atomic E-state index is -0.828. The van der Waals surface area contributed by atoms with E-state index >= 15 is 0 Å². The van der Waals surface area contributed by atoms with E-state index in [1.807, 2.05) is 187 Å². The van der Waals surface area contributed by atoms with Gasteiger partial charge in [0.2, 0.25) is 0 Å². The van der Waals surface area contributed by atoms with Crippen molar-refractivity contribution in [2.24, 2.45) is 5.73 Å². The van der Waals surface area contributed by atoms with Crippen LogP contribution in [0, 0.1) is 0 Å². The Bertz CT molecular complexity index is 3570. The average Bonchev–Trinajstić information content (AvgIpc) is 0.867. The first-order chi connectivity index (χ1) is 45.1. The fourth-order valence-corrected chi connectivity index (χ4v) is 9.81. The van der Waals surface area contributed by atoms with Crippen LogP contribution in [0.25, 0.3) is 0 Å². The summed E-state index contributed by atoms with van der Waals surface area (Å²) in [6.45, 7) is 6.44. The number of primary amides is 1. The molecular weight excluding hydrogens is 1160 g/mol. The Morgan fingerprint density at radius 2 is 0.696 bits per heavy atom. The monoisotopic (exact) mass is 1240 g/mol. The van der Waals surface area contributed by atoms with Gasteiger partial charge in [-0.25, -0.2) is 0 Å². The van der Waals surface area contributed by atoms with Crippen molar-refractivity contribution in [3.05, 3.63) is 286 Å². The van der Waals surface area contributed by atoms with Crippen molar-refractivity contribution in [3.8, 4) is 23.0 Å². The van der Waals surface area contributed by atoms with Gasteiger partial charge in [-0.1, -0.05) is 189 Å². The highest BCUT2D eigenvalue weighted by Crippen LogP contribution is 2.39. The molecule has 0 atom stereocenters. The van der Waals surface area contributed by atoms with E-state index in [1.54, 1.807) is 12.1 Å². The minimum absolute atomic E-state index is 0.0189. The van der Waals surface area contributed by atoms with E-state index in [0.29, 0.717) is 13.1 Å². The van der Waals surface area contributed by atoms with Gasteiger partial charge in [0.15, 0.2) is 34.5 Å². The van der Waals surface area contributed by atoms with Gasteiger partial charge in [-0.3, -0.25) is 28.9 Å². The lowest BCUT2D eigenvalue weighted by atomic mass is 10.1. The maximum absolute atomic E-state index is 14.7. The summed E-state index contributed by atoms with van der Waals surface area (Å²) in [5, 5.41) is 18.5. The third kappa shape index (κ3) is 19.6. The number of nitrogens with zero attached hydrogens (tertiary/aromatic N) is 1. The first kappa shape index (κ1) is 65.6. The third-order valence-electron chi connectivity index (χ3n) is 14.6. The van der Waals surface area contributed by atoms with Crippen LogP contribution < -0.4 is 56.6 Å². The highest BCUT2D eigenvalue weighted by Gasteiger charge is 2.28. The van der Waals surface area contributed by atoms with Crippen molar-refractivity contribution >= 4 is 29.5 Å². The van der Waals surface area contributed by atoms with E-state index < -0.39 is 29.5 Å². The number of nitrogens with two attached hydrogens (primary N) is 1. The SMILES string of the molecule is C=C(OCc1ccccc1)/C(OCc1ccccc1)=C(\NCCN1CCNC(=O)c2ccc(c(OCc3ccccc3)c2OCc2ccccc2)C(=O)NCCNCCNC(=O)c2ccc(c(OCc3ccccc3)c2OCc2ccccc2)C(=O)NCC1)C(N)=O. The molecule has 0 fully saturated rings. The normalized spacial score (nSPS) is 13.9. The molecular formula is C73H76N8O11. The molecule has 1 aliphatic heterocycles. The van der Waals surface area contributed by atoms with E-state index in [0.717, 1.165) is 33.4 Å². The molecule has 0 saturated heterocycles. The van der Waals surface area contributed by atoms with Crippen LogP contribution >= 0.6 is 0 Å². The lowest BCUT2D eigenvalue weighted by Gasteiger charge is -2.25. The fraction of sp³-hybridized carbons (Fsp3) is 0.219. The zero-order chi connectivity index (χ0) is 64.1. The number of amides is 5. The quantitative estimate of drug-likeness (QED) is 0.0170. The predicted octanol–water partition coefficient (Wildman–Crippen LogP) is 8.76. The van der Waals surface area contributed by atoms with Crippen molar-refractivity contribution in [1.82, 2.24) is 36.8 Å². The molecule has 0 saturated carbocycles. The molecule has 92 heavy (non-hydrogen) atoms. The molecule has 8 N–H and O–H groups in total. The van der Waals surface area contributed by atoms with Crippen LogP contribution in [0.4, 0.5) is 0 Å². The van der Waals surface area contributed by atoms with Crippen molar-refractivity contribution in [3.63, 3.8) is 0 Å². The molecule has 474 valence electrons. The van der Waals surface area contributed by atoms with Gasteiger partial charge in [-0.15, -0.1) is 0 Å². The van der Waals surface area contributed by atoms with E-state index in [1.165, 1.54) is 12.1 Å². The molecule has 9 rings (SSSR count). The molecule has 0 aliphatic carbocycles. The van der Waals surface area contributed by atoms with Crippen molar-refractivity contribution in [2.45, 2.75) is 39.6 Å². The summed E-state index contributed by atoms with van der Waals surface area (Å²) < 4.78 is 38.4. The topological polar surface area (TPSA) is 242 Å². The molecule has 8 aromatic rings. The Morgan fingerprint density at radius 1 is 0.402 bits per heavy atom. The number of hydrogen-bond donors (Lipinski definition) is 7. The first-order valence-electron chi connectivity index (χ1n) is 30.4. The molecule has 8 aromatic carbocycles. The largest absolute Gasteiger partial charge is 0.486 e. The molecule has 19 heteroatoms. The van der Waals surface area contributed by atoms with Gasteiger partial charge in [0, 0.05) is 65.4 Å². The molecule has 0 radical (unpaired) electrons. The molecule has 19 nitrogen and oxygen atoms in total. The van der Waals surface area contributed by atoms with Crippen molar-refractivity contribution in [1.29, 1.82) is 0 Å². The van der Waals surface area contributed by atoms with Gasteiger partial charge in [0.25, 0.3) is 29.5 Å². The summed E-state index contributed by atoms with van der Waals surface area (Å²) in [4.78, 5) is 73.5. The third-order valence-corrected chi connectivity index (χ3v) is 14.6. The van der Waals surface area contributed by atoms with Crippen molar-refractivity contribution in [2.75, 3.05) is 65.4 Å². The van der Waals surface area contributed by atoms with Gasteiger partial charge in [-0.2, -0.15) is 0 Å². The number of rotatable bonds is 24. The molecule has 0 unspecified atom stereocenters. The van der Waals surface area contributed by atoms with Crippen LogP contribution in [-0.4, -0.2) is 99.9 Å². The maximum Gasteiger partial charge on any atom is 0.268 e. The number of ether oxygens (including phenoxy) is 6. The minimum Gasteiger partial charge on any atom is -0.486 e. The van der Waals surface area contributed by atoms with Crippen LogP contribution in [0.2, 0.25) is 0 Å². The van der Waals surface area contributed by atoms with Crippen LogP contribution in [0.1, 0.15) is 74.8 Å². The van der Waals surface area contributed by atoms with Gasteiger partial charge >= 0.3 is 0 Å². The van der Waals surface area contributed by atoms with Crippen molar-refractivity contribution < 1.29 is 52.4 Å². The average molecular weight is 1240 g/mol. The second kappa shape index (κ2) is 34.8. The first-order valence-corrected chi connectivity index (χ1v) is 30.4. The second-order valence-corrected chi connectivity index (χ2v) is 21.3. The summed E-state index contributed by atoms with van der Waals surface area (Å²) >= 11 is 0. The summed E-state index contributed by atoms with van der Waals surface area (Å²) in [5.74, 6) is -2.44. The lowest BCUT2D eigenvalue weighted by Crippen LogP contribution is -2.43. The van der Waals surface area contributed by atoms with E-state index in [9.17, 15) is 24.0 Å². The van der Waals surface area contributed by atoms with Gasteiger partial charge in [-0.05, 0) is 57.6 Å². The Hall–Kier alpha value is -10.9. The summed E-state index contributed by atoms with van der Waals surface area (Å²) in [5.41, 5.74) is 11.5. The maximum atomic E-state index is 14.7. The Balaban J connectivity index is 1.04. The Kier molecular flexibility index (Phi) is 24.8. The van der Waals surface area contributed by atoms with E-state index in [2.05, 4.69) is 38.5 Å². The standard InChI is InChI=1S/C73H76N8O11/c1-52(87-46-53-20-8-2-9-21-53)64(88-47-54-22-10-3-11-23-54)63(69(74)82)76-40-43-81-44-41-79-72(85)61-34-32-59(65(89-48-55-24-12-4-13-25-55)67(61)91-50-57-28-16-6-17-29-57)70(83)77-38-36-75-37-39-78-71(84)60-33-35-62(73(86)80-42-45-81)68(92-51-58-30-18-7-19-31-58)66(60)90-49-56-26-14-5-15-27-56/h2-35,75-76H,1,36-51H2,(H2,74,82)(H,77,83)(H,78,84)(H,79,85)(H,80,86)/b64-63+. The van der Waals surface area contributed by atoms with Crippen LogP contribution in [-0.2, 0) is 53.9 Å². The Morgan fingerprint density at radius 3 is 1.01 bits per heavy atom. The summed E-state index contributed by atoms with van der Waals surface area (Å²) in [6.07, 6.45) is 0. The molecule has 1 heterocycles. The number of nitrogens with one attached hydrogen (secondary N) is 6. The van der Waals surface area contributed by atoms with E-state index in [4.69, 9.17) is 34.2 Å². The summed E-state index contributed by atoms with van der Waals surface area (Å²) in [7, 11) is 0. The number of hydrogen-bond acceptors (Lipinski definition) is 14.